The largest absolute Gasteiger partial charge is 0.491 e. The number of rotatable bonds is 9. The fourth-order valence-electron chi connectivity index (χ4n) is 2.23. The maximum atomic E-state index is 11.6. The van der Waals surface area contributed by atoms with E-state index in [2.05, 4.69) is 40.0 Å². The first-order valence-corrected chi connectivity index (χ1v) is 9.39. The van der Waals surface area contributed by atoms with E-state index in [1.165, 1.54) is 5.56 Å². The number of hydrogen-bond acceptors (Lipinski definition) is 3. The lowest BCUT2D eigenvalue weighted by atomic mass is 10.1. The highest BCUT2D eigenvalue weighted by atomic mass is 16.5. The lowest BCUT2D eigenvalue weighted by molar-refractivity contribution is -0.123. The van der Waals surface area contributed by atoms with Crippen LogP contribution in [0.15, 0.2) is 23.2 Å². The van der Waals surface area contributed by atoms with Gasteiger partial charge in [-0.3, -0.25) is 4.79 Å². The summed E-state index contributed by atoms with van der Waals surface area (Å²) in [6, 6.07) is 6.18. The Morgan fingerprint density at radius 3 is 2.42 bits per heavy atom. The van der Waals surface area contributed by atoms with Gasteiger partial charge in [0.15, 0.2) is 5.96 Å². The Morgan fingerprint density at radius 1 is 1.12 bits per heavy atom. The van der Waals surface area contributed by atoms with Crippen molar-refractivity contribution >= 4 is 11.9 Å². The second-order valence-electron chi connectivity index (χ2n) is 6.85. The second-order valence-corrected chi connectivity index (χ2v) is 6.85. The highest BCUT2D eigenvalue weighted by Gasteiger charge is 2.07. The summed E-state index contributed by atoms with van der Waals surface area (Å²) in [5.74, 6) is 1.66. The highest BCUT2D eigenvalue weighted by Crippen LogP contribution is 2.22. The molecule has 0 aliphatic rings. The van der Waals surface area contributed by atoms with Crippen LogP contribution in [0.4, 0.5) is 0 Å². The van der Waals surface area contributed by atoms with E-state index in [-0.39, 0.29) is 17.9 Å². The average Bonchev–Trinajstić information content (AvgIpc) is 2.56. The lowest BCUT2D eigenvalue weighted by Crippen LogP contribution is -2.42. The van der Waals surface area contributed by atoms with Gasteiger partial charge < -0.3 is 20.7 Å². The van der Waals surface area contributed by atoms with Gasteiger partial charge in [0.05, 0.1) is 12.6 Å². The Morgan fingerprint density at radius 2 is 1.81 bits per heavy atom. The zero-order valence-corrected chi connectivity index (χ0v) is 17.0. The van der Waals surface area contributed by atoms with Crippen LogP contribution in [0.5, 0.6) is 5.75 Å². The Bertz CT molecular complexity index is 597. The third-order valence-corrected chi connectivity index (χ3v) is 3.58. The number of nitrogens with zero attached hydrogens (tertiary/aromatic N) is 1. The third kappa shape index (κ3) is 8.23. The summed E-state index contributed by atoms with van der Waals surface area (Å²) in [7, 11) is 0. The number of carbonyl (C=O) groups is 1. The summed E-state index contributed by atoms with van der Waals surface area (Å²) in [5.41, 5.74) is 2.22. The molecule has 1 aromatic carbocycles. The molecule has 0 spiro atoms. The summed E-state index contributed by atoms with van der Waals surface area (Å²) in [6.45, 7) is 14.4. The highest BCUT2D eigenvalue weighted by molar-refractivity contribution is 5.80. The van der Waals surface area contributed by atoms with E-state index in [9.17, 15) is 4.79 Å². The Labute approximate surface area is 157 Å². The Hall–Kier alpha value is -2.24. The van der Waals surface area contributed by atoms with Crippen molar-refractivity contribution in [2.24, 2.45) is 10.9 Å². The fourth-order valence-corrected chi connectivity index (χ4v) is 2.23. The van der Waals surface area contributed by atoms with Crippen LogP contribution in [0.3, 0.4) is 0 Å². The fraction of sp³-hybridized carbons (Fsp3) is 0.600. The standard InChI is InChI=1S/C20H34N4O2/c1-7-21-20(23-11-10-22-19(25)14(2)3)24-13-17-9-8-16(6)12-18(17)26-15(4)5/h8-9,12,14-15H,7,10-11,13H2,1-6H3,(H,22,25)(H2,21,23,24). The van der Waals surface area contributed by atoms with Gasteiger partial charge in [-0.05, 0) is 39.3 Å². The predicted molar refractivity (Wildman–Crippen MR) is 108 cm³/mol. The zero-order valence-electron chi connectivity index (χ0n) is 17.0. The SMILES string of the molecule is CCNC(=NCc1ccc(C)cc1OC(C)C)NCCNC(=O)C(C)C. The van der Waals surface area contributed by atoms with Gasteiger partial charge >= 0.3 is 0 Å². The minimum atomic E-state index is -0.00202. The summed E-state index contributed by atoms with van der Waals surface area (Å²) in [6.07, 6.45) is 0.121. The molecular formula is C20H34N4O2. The van der Waals surface area contributed by atoms with E-state index < -0.39 is 0 Å². The molecule has 0 fully saturated rings. The first kappa shape index (κ1) is 21.8. The van der Waals surface area contributed by atoms with E-state index in [4.69, 9.17) is 4.74 Å². The maximum absolute atomic E-state index is 11.6. The topological polar surface area (TPSA) is 74.8 Å². The van der Waals surface area contributed by atoms with Crippen molar-refractivity contribution in [3.63, 3.8) is 0 Å². The molecule has 3 N–H and O–H groups in total. The van der Waals surface area contributed by atoms with Crippen molar-refractivity contribution in [1.82, 2.24) is 16.0 Å². The Kier molecular flexibility index (Phi) is 9.55. The van der Waals surface area contributed by atoms with Gasteiger partial charge in [-0.2, -0.15) is 0 Å². The minimum absolute atomic E-state index is 0.00202. The van der Waals surface area contributed by atoms with E-state index >= 15 is 0 Å². The summed E-state index contributed by atoms with van der Waals surface area (Å²) < 4.78 is 5.91. The van der Waals surface area contributed by atoms with Crippen molar-refractivity contribution < 1.29 is 9.53 Å². The van der Waals surface area contributed by atoms with Crippen LogP contribution in [0.2, 0.25) is 0 Å². The third-order valence-electron chi connectivity index (χ3n) is 3.58. The van der Waals surface area contributed by atoms with Gasteiger partial charge in [-0.1, -0.05) is 26.0 Å². The molecule has 1 amide bonds. The molecule has 0 aliphatic carbocycles. The van der Waals surface area contributed by atoms with Gasteiger partial charge in [0.1, 0.15) is 5.75 Å². The number of carbonyl (C=O) groups excluding carboxylic acids is 1. The number of nitrogens with one attached hydrogen (secondary N) is 3. The molecular weight excluding hydrogens is 328 g/mol. The number of aliphatic imine (C=N–C) groups is 1. The molecule has 1 rings (SSSR count). The molecule has 26 heavy (non-hydrogen) atoms. The zero-order chi connectivity index (χ0) is 19.5. The van der Waals surface area contributed by atoms with Crippen LogP contribution in [-0.4, -0.2) is 37.6 Å². The molecule has 6 heteroatoms. The van der Waals surface area contributed by atoms with E-state index in [1.54, 1.807) is 0 Å². The Balaban J connectivity index is 2.67. The maximum Gasteiger partial charge on any atom is 0.222 e. The minimum Gasteiger partial charge on any atom is -0.491 e. The van der Waals surface area contributed by atoms with Crippen molar-refractivity contribution in [3.05, 3.63) is 29.3 Å². The van der Waals surface area contributed by atoms with E-state index in [0.29, 0.717) is 19.6 Å². The summed E-state index contributed by atoms with van der Waals surface area (Å²) in [5, 5.41) is 9.35. The predicted octanol–water partition coefficient (Wildman–Crippen LogP) is 2.61. The molecule has 0 saturated carbocycles. The van der Waals surface area contributed by atoms with Crippen LogP contribution in [0.25, 0.3) is 0 Å². The molecule has 0 radical (unpaired) electrons. The monoisotopic (exact) mass is 362 g/mol. The van der Waals surface area contributed by atoms with Crippen LogP contribution >= 0.6 is 0 Å². The van der Waals surface area contributed by atoms with Crippen molar-refractivity contribution in [1.29, 1.82) is 0 Å². The molecule has 1 aromatic rings. The van der Waals surface area contributed by atoms with Gasteiger partial charge in [0, 0.05) is 31.1 Å². The molecule has 0 saturated heterocycles. The van der Waals surface area contributed by atoms with Crippen molar-refractivity contribution in [3.8, 4) is 5.75 Å². The molecule has 146 valence electrons. The van der Waals surface area contributed by atoms with Crippen LogP contribution < -0.4 is 20.7 Å². The lowest BCUT2D eigenvalue weighted by Gasteiger charge is -2.15. The summed E-state index contributed by atoms with van der Waals surface area (Å²) >= 11 is 0. The molecule has 0 heterocycles. The van der Waals surface area contributed by atoms with Gasteiger partial charge in [-0.25, -0.2) is 4.99 Å². The van der Waals surface area contributed by atoms with Crippen molar-refractivity contribution in [2.75, 3.05) is 19.6 Å². The number of amides is 1. The second kappa shape index (κ2) is 11.4. The van der Waals surface area contributed by atoms with Crippen LogP contribution in [0.1, 0.15) is 45.7 Å². The summed E-state index contributed by atoms with van der Waals surface area (Å²) in [4.78, 5) is 16.2. The molecule has 0 aliphatic heterocycles. The first-order chi connectivity index (χ1) is 12.3. The van der Waals surface area contributed by atoms with Crippen LogP contribution in [0, 0.1) is 12.8 Å². The van der Waals surface area contributed by atoms with E-state index in [1.807, 2.05) is 40.7 Å². The molecule has 0 atom stereocenters. The van der Waals surface area contributed by atoms with E-state index in [0.717, 1.165) is 23.8 Å². The number of ether oxygens (including phenoxy) is 1. The van der Waals surface area contributed by atoms with Crippen molar-refractivity contribution in [2.45, 2.75) is 54.2 Å². The average molecular weight is 363 g/mol. The molecule has 0 unspecified atom stereocenters. The molecule has 0 bridgehead atoms. The van der Waals surface area contributed by atoms with Crippen LogP contribution in [-0.2, 0) is 11.3 Å². The molecule has 0 aromatic heterocycles. The number of hydrogen-bond donors (Lipinski definition) is 3. The smallest absolute Gasteiger partial charge is 0.222 e. The number of aryl methyl sites for hydroxylation is 1. The van der Waals surface area contributed by atoms with Gasteiger partial charge in [0.25, 0.3) is 0 Å². The number of guanidine groups is 1. The normalized spacial score (nSPS) is 11.6. The van der Waals surface area contributed by atoms with Gasteiger partial charge in [-0.15, -0.1) is 0 Å². The van der Waals surface area contributed by atoms with Gasteiger partial charge in [0.2, 0.25) is 5.91 Å². The molecule has 6 nitrogen and oxygen atoms in total. The number of benzene rings is 1. The first-order valence-electron chi connectivity index (χ1n) is 9.39. The quantitative estimate of drug-likeness (QED) is 0.359.